The Kier molecular flexibility index (Phi) is 5.51. The van der Waals surface area contributed by atoms with Crippen LogP contribution in [0.4, 0.5) is 5.82 Å². The Morgan fingerprint density at radius 2 is 1.93 bits per heavy atom. The molecule has 148 valence electrons. The van der Waals surface area contributed by atoms with Crippen molar-refractivity contribution < 1.29 is 4.79 Å². The van der Waals surface area contributed by atoms with Crippen LogP contribution >= 0.6 is 11.6 Å². The van der Waals surface area contributed by atoms with Crippen LogP contribution in [0.5, 0.6) is 0 Å². The van der Waals surface area contributed by atoms with E-state index in [2.05, 4.69) is 21.7 Å². The van der Waals surface area contributed by atoms with Crippen molar-refractivity contribution in [3.63, 3.8) is 0 Å². The van der Waals surface area contributed by atoms with E-state index in [9.17, 15) is 4.79 Å². The van der Waals surface area contributed by atoms with Crippen LogP contribution in [-0.4, -0.2) is 64.9 Å². The molecule has 0 radical (unpaired) electrons. The van der Waals surface area contributed by atoms with Gasteiger partial charge in [-0.25, -0.2) is 9.97 Å². The van der Waals surface area contributed by atoms with Crippen molar-refractivity contribution in [1.29, 1.82) is 0 Å². The van der Waals surface area contributed by atoms with Crippen LogP contribution in [0.3, 0.4) is 0 Å². The highest BCUT2D eigenvalue weighted by Gasteiger charge is 2.29. The number of rotatable bonds is 3. The van der Waals surface area contributed by atoms with E-state index >= 15 is 0 Å². The molecule has 0 spiro atoms. The second-order valence-corrected chi connectivity index (χ2v) is 7.86. The minimum absolute atomic E-state index is 0.00970. The molecule has 2 aliphatic heterocycles. The molecule has 28 heavy (non-hydrogen) atoms. The molecule has 1 amide bonds. The summed E-state index contributed by atoms with van der Waals surface area (Å²) in [5.74, 6) is 1.82. The summed E-state index contributed by atoms with van der Waals surface area (Å²) >= 11 is 6.08. The second kappa shape index (κ2) is 8.05. The average Bonchev–Trinajstić information content (AvgIpc) is 2.72. The molecule has 2 aromatic rings. The number of amides is 1. The number of halogens is 1. The number of aryl methyl sites for hydroxylation is 1. The third-order valence-corrected chi connectivity index (χ3v) is 5.86. The van der Waals surface area contributed by atoms with Crippen LogP contribution in [0.1, 0.15) is 34.4 Å². The molecule has 3 heterocycles. The lowest BCUT2D eigenvalue weighted by molar-refractivity contribution is 0.0733. The van der Waals surface area contributed by atoms with Crippen molar-refractivity contribution in [3.8, 4) is 0 Å². The highest BCUT2D eigenvalue weighted by Crippen LogP contribution is 2.28. The number of carbonyl (C=O) groups excluding carboxylic acids is 1. The molecule has 0 bridgehead atoms. The summed E-state index contributed by atoms with van der Waals surface area (Å²) in [7, 11) is 0. The molecular weight excluding hydrogens is 374 g/mol. The summed E-state index contributed by atoms with van der Waals surface area (Å²) in [6.45, 7) is 10.4. The van der Waals surface area contributed by atoms with Gasteiger partial charge in [-0.3, -0.25) is 4.79 Å². The lowest BCUT2D eigenvalue weighted by Crippen LogP contribution is -2.47. The number of carbonyl (C=O) groups is 1. The van der Waals surface area contributed by atoms with Gasteiger partial charge in [0.05, 0.1) is 12.2 Å². The quantitative estimate of drug-likeness (QED) is 0.794. The van der Waals surface area contributed by atoms with Crippen LogP contribution < -0.4 is 4.90 Å². The standard InChI is InChI=1S/C21H26ClN5O/c1-3-25-9-11-26(12-10-25)20-18-14-27(8-7-19(18)23-15(2)24-20)21(28)16-5-4-6-17(22)13-16/h4-6,13H,3,7-12,14H2,1-2H3. The molecule has 1 aromatic carbocycles. The largest absolute Gasteiger partial charge is 0.354 e. The smallest absolute Gasteiger partial charge is 0.254 e. The fourth-order valence-electron chi connectivity index (χ4n) is 4.03. The first-order valence-electron chi connectivity index (χ1n) is 9.93. The lowest BCUT2D eigenvalue weighted by Gasteiger charge is -2.37. The van der Waals surface area contributed by atoms with Crippen LogP contribution in [0.25, 0.3) is 0 Å². The van der Waals surface area contributed by atoms with Crippen molar-refractivity contribution in [1.82, 2.24) is 19.8 Å². The van der Waals surface area contributed by atoms with Gasteiger partial charge < -0.3 is 14.7 Å². The zero-order chi connectivity index (χ0) is 19.7. The van der Waals surface area contributed by atoms with Crippen molar-refractivity contribution in [2.24, 2.45) is 0 Å². The van der Waals surface area contributed by atoms with Gasteiger partial charge in [-0.05, 0) is 31.7 Å². The van der Waals surface area contributed by atoms with Gasteiger partial charge in [0.25, 0.3) is 5.91 Å². The number of hydrogen-bond donors (Lipinski definition) is 0. The van der Waals surface area contributed by atoms with Gasteiger partial charge in [0, 0.05) is 55.3 Å². The molecule has 4 rings (SSSR count). The van der Waals surface area contributed by atoms with Gasteiger partial charge in [0.15, 0.2) is 0 Å². The summed E-state index contributed by atoms with van der Waals surface area (Å²) in [5, 5.41) is 0.580. The first-order valence-corrected chi connectivity index (χ1v) is 10.3. The van der Waals surface area contributed by atoms with Crippen LogP contribution in [0, 0.1) is 6.92 Å². The van der Waals surface area contributed by atoms with Crippen LogP contribution in [0.2, 0.25) is 5.02 Å². The Labute approximate surface area is 171 Å². The molecule has 2 aliphatic rings. The molecule has 0 aliphatic carbocycles. The minimum Gasteiger partial charge on any atom is -0.354 e. The Hall–Kier alpha value is -2.18. The Balaban J connectivity index is 1.60. The predicted octanol–water partition coefficient (Wildman–Crippen LogP) is 2.78. The van der Waals surface area contributed by atoms with Crippen LogP contribution in [-0.2, 0) is 13.0 Å². The summed E-state index contributed by atoms with van der Waals surface area (Å²) in [6, 6.07) is 7.16. The topological polar surface area (TPSA) is 52.6 Å². The normalized spacial score (nSPS) is 17.5. The number of anilines is 1. The Bertz CT molecular complexity index is 879. The molecule has 0 N–H and O–H groups in total. The summed E-state index contributed by atoms with van der Waals surface area (Å²) < 4.78 is 0. The third-order valence-electron chi connectivity index (χ3n) is 5.63. The highest BCUT2D eigenvalue weighted by atomic mass is 35.5. The van der Waals surface area contributed by atoms with Gasteiger partial charge in [-0.15, -0.1) is 0 Å². The molecule has 7 heteroatoms. The summed E-state index contributed by atoms with van der Waals surface area (Å²) in [5.41, 5.74) is 2.80. The minimum atomic E-state index is 0.00970. The van der Waals surface area contributed by atoms with Crippen molar-refractivity contribution in [3.05, 3.63) is 51.9 Å². The van der Waals surface area contributed by atoms with Gasteiger partial charge in [0.1, 0.15) is 11.6 Å². The zero-order valence-corrected chi connectivity index (χ0v) is 17.2. The van der Waals surface area contributed by atoms with E-state index in [0.717, 1.165) is 62.0 Å². The number of aromatic nitrogens is 2. The molecule has 0 unspecified atom stereocenters. The third kappa shape index (κ3) is 3.84. The monoisotopic (exact) mass is 399 g/mol. The van der Waals surface area contributed by atoms with E-state index in [1.54, 1.807) is 12.1 Å². The van der Waals surface area contributed by atoms with Crippen molar-refractivity contribution >= 4 is 23.3 Å². The van der Waals surface area contributed by atoms with Crippen molar-refractivity contribution in [2.75, 3.05) is 44.2 Å². The van der Waals surface area contributed by atoms with E-state index in [0.29, 0.717) is 23.7 Å². The number of piperazine rings is 1. The fraction of sp³-hybridized carbons (Fsp3) is 0.476. The SMILES string of the molecule is CCN1CCN(c2nc(C)nc3c2CN(C(=O)c2cccc(Cl)c2)CC3)CC1. The molecule has 6 nitrogen and oxygen atoms in total. The Morgan fingerprint density at radius 1 is 1.14 bits per heavy atom. The second-order valence-electron chi connectivity index (χ2n) is 7.43. The van der Waals surface area contributed by atoms with Gasteiger partial charge in [0.2, 0.25) is 0 Å². The number of benzene rings is 1. The predicted molar refractivity (Wildman–Crippen MR) is 111 cm³/mol. The summed E-state index contributed by atoms with van der Waals surface area (Å²) in [4.78, 5) is 29.1. The van der Waals surface area contributed by atoms with Crippen molar-refractivity contribution in [2.45, 2.75) is 26.8 Å². The molecule has 0 atom stereocenters. The fourth-order valence-corrected chi connectivity index (χ4v) is 4.22. The van der Waals surface area contributed by atoms with E-state index in [4.69, 9.17) is 16.6 Å². The maximum absolute atomic E-state index is 13.0. The molecule has 1 aromatic heterocycles. The van der Waals surface area contributed by atoms with E-state index in [-0.39, 0.29) is 5.91 Å². The summed E-state index contributed by atoms with van der Waals surface area (Å²) in [6.07, 6.45) is 0.757. The molecule has 1 saturated heterocycles. The maximum atomic E-state index is 13.0. The first-order chi connectivity index (χ1) is 13.5. The lowest BCUT2D eigenvalue weighted by atomic mass is 10.0. The molecule has 1 fully saturated rings. The van der Waals surface area contributed by atoms with Crippen LogP contribution in [0.15, 0.2) is 24.3 Å². The van der Waals surface area contributed by atoms with Gasteiger partial charge in [-0.2, -0.15) is 0 Å². The molecular formula is C21H26ClN5O. The maximum Gasteiger partial charge on any atom is 0.254 e. The number of likely N-dealkylation sites (N-methyl/N-ethyl adjacent to an activating group) is 1. The number of nitrogens with zero attached hydrogens (tertiary/aromatic N) is 5. The molecule has 0 saturated carbocycles. The number of fused-ring (bicyclic) bond motifs is 1. The van der Waals surface area contributed by atoms with E-state index in [1.807, 2.05) is 24.0 Å². The van der Waals surface area contributed by atoms with Gasteiger partial charge in [-0.1, -0.05) is 24.6 Å². The van der Waals surface area contributed by atoms with E-state index in [1.165, 1.54) is 0 Å². The first kappa shape index (κ1) is 19.2. The highest BCUT2D eigenvalue weighted by molar-refractivity contribution is 6.30. The number of hydrogen-bond acceptors (Lipinski definition) is 5. The average molecular weight is 400 g/mol. The van der Waals surface area contributed by atoms with E-state index < -0.39 is 0 Å². The van der Waals surface area contributed by atoms with Gasteiger partial charge >= 0.3 is 0 Å². The Morgan fingerprint density at radius 3 is 2.64 bits per heavy atom. The zero-order valence-electron chi connectivity index (χ0n) is 16.5.